The van der Waals surface area contributed by atoms with Crippen LogP contribution in [-0.4, -0.2) is 27.7 Å². The van der Waals surface area contributed by atoms with Crippen LogP contribution >= 0.6 is 11.8 Å². The van der Waals surface area contributed by atoms with E-state index in [0.29, 0.717) is 19.5 Å². The molecule has 90 valence electrons. The number of likely N-dealkylation sites (tertiary alicyclic amines) is 1. The number of benzene rings is 1. The summed E-state index contributed by atoms with van der Waals surface area (Å²) < 4.78 is 0. The number of hydrogen-bond acceptors (Lipinski definition) is 3. The van der Waals surface area contributed by atoms with Gasteiger partial charge in [-0.1, -0.05) is 42.1 Å². The molecule has 1 aromatic carbocycles. The predicted molar refractivity (Wildman–Crippen MR) is 68.5 cm³/mol. The maximum absolute atomic E-state index is 11.8. The van der Waals surface area contributed by atoms with E-state index in [4.69, 9.17) is 0 Å². The highest BCUT2D eigenvalue weighted by Gasteiger charge is 2.30. The molecule has 2 rings (SSSR count). The van der Waals surface area contributed by atoms with Crippen molar-refractivity contribution in [3.63, 3.8) is 0 Å². The Balaban J connectivity index is 1.95. The summed E-state index contributed by atoms with van der Waals surface area (Å²) in [7, 11) is 0. The van der Waals surface area contributed by atoms with Crippen molar-refractivity contribution in [2.75, 3.05) is 6.54 Å². The number of nitrogens with zero attached hydrogens (tertiary/aromatic N) is 1. The third kappa shape index (κ3) is 3.33. The number of rotatable bonds is 3. The van der Waals surface area contributed by atoms with Gasteiger partial charge >= 0.3 is 0 Å². The number of carbonyl (C=O) groups is 2. The number of amides is 1. The van der Waals surface area contributed by atoms with E-state index in [2.05, 4.69) is 0 Å². The Morgan fingerprint density at radius 1 is 1.41 bits per heavy atom. The largest absolute Gasteiger partial charge is 0.337 e. The molecule has 1 unspecified atom stereocenters. The summed E-state index contributed by atoms with van der Waals surface area (Å²) in [5, 5.41) is 0.216. The zero-order valence-corrected chi connectivity index (χ0v) is 10.6. The third-order valence-corrected chi connectivity index (χ3v) is 3.71. The summed E-state index contributed by atoms with van der Waals surface area (Å²) in [6.07, 6.45) is 0.483. The van der Waals surface area contributed by atoms with Crippen LogP contribution in [0.3, 0.4) is 0 Å². The van der Waals surface area contributed by atoms with Gasteiger partial charge in [0.1, 0.15) is 0 Å². The molecule has 0 N–H and O–H groups in total. The quantitative estimate of drug-likeness (QED) is 0.823. The average molecular weight is 249 g/mol. The van der Waals surface area contributed by atoms with Gasteiger partial charge in [-0.05, 0) is 5.56 Å². The molecule has 1 aliphatic rings. The lowest BCUT2D eigenvalue weighted by molar-refractivity contribution is -0.128. The first kappa shape index (κ1) is 12.2. The first-order valence-electron chi connectivity index (χ1n) is 5.64. The molecule has 0 aliphatic carbocycles. The summed E-state index contributed by atoms with van der Waals surface area (Å²) in [4.78, 5) is 24.6. The number of hydrogen-bond donors (Lipinski definition) is 0. The van der Waals surface area contributed by atoms with Crippen molar-refractivity contribution in [2.45, 2.75) is 25.1 Å². The Kier molecular flexibility index (Phi) is 3.84. The number of thioether (sulfide) groups is 1. The maximum Gasteiger partial charge on any atom is 0.224 e. The Morgan fingerprint density at radius 3 is 2.76 bits per heavy atom. The van der Waals surface area contributed by atoms with Gasteiger partial charge in [-0.25, -0.2) is 0 Å². The zero-order valence-electron chi connectivity index (χ0n) is 9.76. The molecule has 1 aromatic rings. The molecule has 0 spiro atoms. The Bertz CT molecular complexity index is 419. The summed E-state index contributed by atoms with van der Waals surface area (Å²) in [6, 6.07) is 9.93. The second-order valence-corrected chi connectivity index (χ2v) is 5.67. The molecule has 3 nitrogen and oxygen atoms in total. The van der Waals surface area contributed by atoms with Crippen LogP contribution in [-0.2, 0) is 16.1 Å². The average Bonchev–Trinajstić information content (AvgIpc) is 2.59. The van der Waals surface area contributed by atoms with Crippen LogP contribution in [0.25, 0.3) is 0 Å². The van der Waals surface area contributed by atoms with Crippen molar-refractivity contribution in [3.8, 4) is 0 Å². The minimum atomic E-state index is 0.0874. The van der Waals surface area contributed by atoms with Gasteiger partial charge in [0.05, 0.1) is 0 Å². The monoisotopic (exact) mass is 249 g/mol. The lowest BCUT2D eigenvalue weighted by Gasteiger charge is -2.16. The van der Waals surface area contributed by atoms with E-state index < -0.39 is 0 Å². The van der Waals surface area contributed by atoms with Crippen LogP contribution in [0.5, 0.6) is 0 Å². The second kappa shape index (κ2) is 5.36. The highest BCUT2D eigenvalue weighted by molar-refractivity contribution is 8.14. The minimum absolute atomic E-state index is 0.0874. The van der Waals surface area contributed by atoms with Crippen molar-refractivity contribution in [1.29, 1.82) is 0 Å². The molecule has 0 radical (unpaired) electrons. The molecule has 1 fully saturated rings. The standard InChI is InChI=1S/C13H15NO2S/c1-10(15)17-12-7-13(16)14(9-12)8-11-5-3-2-4-6-11/h2-6,12H,7-9H2,1H3. The van der Waals surface area contributed by atoms with Crippen LogP contribution in [0.15, 0.2) is 30.3 Å². The van der Waals surface area contributed by atoms with Crippen molar-refractivity contribution < 1.29 is 9.59 Å². The van der Waals surface area contributed by atoms with Crippen molar-refractivity contribution in [3.05, 3.63) is 35.9 Å². The molecule has 1 heterocycles. The molecule has 1 amide bonds. The van der Waals surface area contributed by atoms with Crippen molar-refractivity contribution >= 4 is 22.8 Å². The van der Waals surface area contributed by atoms with Crippen LogP contribution in [0.1, 0.15) is 18.9 Å². The van der Waals surface area contributed by atoms with E-state index >= 15 is 0 Å². The second-order valence-electron chi connectivity index (χ2n) is 4.20. The van der Waals surface area contributed by atoms with Crippen LogP contribution < -0.4 is 0 Å². The topological polar surface area (TPSA) is 37.4 Å². The van der Waals surface area contributed by atoms with Gasteiger partial charge in [0, 0.05) is 31.7 Å². The minimum Gasteiger partial charge on any atom is -0.337 e. The van der Waals surface area contributed by atoms with E-state index in [9.17, 15) is 9.59 Å². The normalized spacial score (nSPS) is 19.7. The first-order chi connectivity index (χ1) is 8.15. The molecule has 4 heteroatoms. The summed E-state index contributed by atoms with van der Waals surface area (Å²) in [5.41, 5.74) is 1.13. The molecule has 1 saturated heterocycles. The van der Waals surface area contributed by atoms with Crippen molar-refractivity contribution in [2.24, 2.45) is 0 Å². The third-order valence-electron chi connectivity index (χ3n) is 2.73. The van der Waals surface area contributed by atoms with Crippen LogP contribution in [0.2, 0.25) is 0 Å². The first-order valence-corrected chi connectivity index (χ1v) is 6.52. The Hall–Kier alpha value is -1.29. The van der Waals surface area contributed by atoms with Crippen LogP contribution in [0, 0.1) is 0 Å². The number of carbonyl (C=O) groups excluding carboxylic acids is 2. The molecule has 1 aliphatic heterocycles. The lowest BCUT2D eigenvalue weighted by atomic mass is 10.2. The smallest absolute Gasteiger partial charge is 0.224 e. The fourth-order valence-corrected chi connectivity index (χ4v) is 2.96. The molecule has 1 atom stereocenters. The highest BCUT2D eigenvalue weighted by Crippen LogP contribution is 2.25. The van der Waals surface area contributed by atoms with Gasteiger partial charge < -0.3 is 4.90 Å². The van der Waals surface area contributed by atoms with Gasteiger partial charge in [-0.15, -0.1) is 0 Å². The van der Waals surface area contributed by atoms with Gasteiger partial charge in [0.15, 0.2) is 5.12 Å². The summed E-state index contributed by atoms with van der Waals surface area (Å²) in [6.45, 7) is 2.88. The molecule has 0 bridgehead atoms. The molecule has 0 saturated carbocycles. The maximum atomic E-state index is 11.8. The van der Waals surface area contributed by atoms with Crippen molar-refractivity contribution in [1.82, 2.24) is 4.90 Å². The molecule has 0 aromatic heterocycles. The predicted octanol–water partition coefficient (Wildman–Crippen LogP) is 2.07. The highest BCUT2D eigenvalue weighted by atomic mass is 32.2. The van der Waals surface area contributed by atoms with Gasteiger partial charge in [0.25, 0.3) is 0 Å². The summed E-state index contributed by atoms with van der Waals surface area (Å²) in [5.74, 6) is 0.146. The molecular formula is C13H15NO2S. The Labute approximate surface area is 105 Å². The van der Waals surface area contributed by atoms with E-state index in [1.807, 2.05) is 35.2 Å². The summed E-state index contributed by atoms with van der Waals surface area (Å²) >= 11 is 1.28. The van der Waals surface area contributed by atoms with Gasteiger partial charge in [-0.3, -0.25) is 9.59 Å². The Morgan fingerprint density at radius 2 is 2.12 bits per heavy atom. The van der Waals surface area contributed by atoms with E-state index in [1.165, 1.54) is 11.8 Å². The molecular weight excluding hydrogens is 234 g/mol. The van der Waals surface area contributed by atoms with E-state index in [1.54, 1.807) is 6.92 Å². The van der Waals surface area contributed by atoms with E-state index in [-0.39, 0.29) is 16.3 Å². The lowest BCUT2D eigenvalue weighted by Crippen LogP contribution is -2.24. The van der Waals surface area contributed by atoms with Gasteiger partial charge in [-0.2, -0.15) is 0 Å². The zero-order chi connectivity index (χ0) is 12.3. The fraction of sp³-hybridized carbons (Fsp3) is 0.385. The van der Waals surface area contributed by atoms with Gasteiger partial charge in [0.2, 0.25) is 5.91 Å². The van der Waals surface area contributed by atoms with Crippen LogP contribution in [0.4, 0.5) is 0 Å². The van der Waals surface area contributed by atoms with E-state index in [0.717, 1.165) is 5.56 Å². The molecule has 17 heavy (non-hydrogen) atoms. The SMILES string of the molecule is CC(=O)SC1CC(=O)N(Cc2ccccc2)C1. The fourth-order valence-electron chi connectivity index (χ4n) is 2.01.